The summed E-state index contributed by atoms with van der Waals surface area (Å²) in [5, 5.41) is 0. The molecule has 21 heavy (non-hydrogen) atoms. The molecule has 0 spiro atoms. The lowest BCUT2D eigenvalue weighted by Crippen LogP contribution is -2.39. The van der Waals surface area contributed by atoms with Crippen LogP contribution in [0.25, 0.3) is 0 Å². The summed E-state index contributed by atoms with van der Waals surface area (Å²) in [6, 6.07) is 5.99. The Balaban J connectivity index is 3.30. The van der Waals surface area contributed by atoms with Gasteiger partial charge >= 0.3 is 7.82 Å². The maximum Gasteiger partial charge on any atom is 0.470 e. The zero-order valence-electron chi connectivity index (χ0n) is 13.7. The number of phosphoric acid groups is 1. The topological polar surface area (TPSA) is 66.8 Å². The maximum atomic E-state index is 11.3. The van der Waals surface area contributed by atoms with Crippen molar-refractivity contribution in [2.45, 2.75) is 32.8 Å². The van der Waals surface area contributed by atoms with E-state index < -0.39 is 13.9 Å². The Labute approximate surface area is 127 Å². The first kappa shape index (κ1) is 18.3. The van der Waals surface area contributed by atoms with E-state index in [4.69, 9.17) is 4.52 Å². The second kappa shape index (κ2) is 6.59. The fraction of sp³-hybridized carbons (Fsp3) is 0.600. The minimum absolute atomic E-state index is 0.260. The van der Waals surface area contributed by atoms with Crippen molar-refractivity contribution in [2.75, 3.05) is 27.7 Å². The molecule has 1 atom stereocenters. The van der Waals surface area contributed by atoms with Crippen LogP contribution in [-0.2, 0) is 9.09 Å². The molecule has 0 saturated heterocycles. The molecule has 6 heteroatoms. The van der Waals surface area contributed by atoms with Crippen LogP contribution >= 0.6 is 7.82 Å². The minimum atomic E-state index is -4.55. The van der Waals surface area contributed by atoms with Gasteiger partial charge in [0.1, 0.15) is 12.6 Å². The van der Waals surface area contributed by atoms with Crippen LogP contribution in [0.1, 0.15) is 42.6 Å². The number of rotatable bonds is 6. The SMILES string of the molecule is Cc1ccc(C(C)C)c(C(C[N+](C)(C)C)OP(=O)(O)O)c1. The van der Waals surface area contributed by atoms with Crippen LogP contribution in [0.4, 0.5) is 0 Å². The lowest BCUT2D eigenvalue weighted by molar-refractivity contribution is -0.874. The van der Waals surface area contributed by atoms with Crippen LogP contribution in [0.3, 0.4) is 0 Å². The van der Waals surface area contributed by atoms with Gasteiger partial charge in [0.25, 0.3) is 0 Å². The monoisotopic (exact) mass is 316 g/mol. The highest BCUT2D eigenvalue weighted by Gasteiger charge is 2.30. The summed E-state index contributed by atoms with van der Waals surface area (Å²) in [7, 11) is 1.37. The third-order valence-electron chi connectivity index (χ3n) is 3.19. The zero-order valence-corrected chi connectivity index (χ0v) is 14.6. The van der Waals surface area contributed by atoms with E-state index in [-0.39, 0.29) is 5.92 Å². The van der Waals surface area contributed by atoms with Crippen molar-refractivity contribution in [2.24, 2.45) is 0 Å². The average Bonchev–Trinajstić information content (AvgIpc) is 2.23. The predicted molar refractivity (Wildman–Crippen MR) is 84.0 cm³/mol. The number of aryl methyl sites for hydroxylation is 1. The third kappa shape index (κ3) is 6.29. The Morgan fingerprint density at radius 1 is 1.19 bits per heavy atom. The van der Waals surface area contributed by atoms with E-state index >= 15 is 0 Å². The largest absolute Gasteiger partial charge is 0.470 e. The molecular weight excluding hydrogens is 289 g/mol. The van der Waals surface area contributed by atoms with Crippen molar-refractivity contribution < 1.29 is 23.4 Å². The van der Waals surface area contributed by atoms with E-state index in [0.717, 1.165) is 16.7 Å². The van der Waals surface area contributed by atoms with E-state index in [1.54, 1.807) is 0 Å². The zero-order chi connectivity index (χ0) is 16.4. The molecular formula is C15H27NO4P+. The molecule has 1 aromatic rings. The molecule has 0 radical (unpaired) electrons. The molecule has 0 fully saturated rings. The summed E-state index contributed by atoms with van der Waals surface area (Å²) in [5.74, 6) is 0.260. The quantitative estimate of drug-likeness (QED) is 0.625. The van der Waals surface area contributed by atoms with Crippen molar-refractivity contribution in [3.63, 3.8) is 0 Å². The van der Waals surface area contributed by atoms with Gasteiger partial charge in [-0.25, -0.2) is 4.57 Å². The van der Waals surface area contributed by atoms with Crippen LogP contribution in [-0.4, -0.2) is 42.0 Å². The molecule has 0 aliphatic rings. The number of hydrogen-bond donors (Lipinski definition) is 2. The van der Waals surface area contributed by atoms with Gasteiger partial charge in [-0.1, -0.05) is 37.6 Å². The average molecular weight is 316 g/mol. The predicted octanol–water partition coefficient (Wildman–Crippen LogP) is 2.98. The number of benzene rings is 1. The van der Waals surface area contributed by atoms with Crippen molar-refractivity contribution in [1.29, 1.82) is 0 Å². The molecule has 0 heterocycles. The normalized spacial score (nSPS) is 14.5. The lowest BCUT2D eigenvalue weighted by atomic mass is 9.92. The second-order valence-electron chi connectivity index (χ2n) is 6.84. The van der Waals surface area contributed by atoms with Crippen LogP contribution < -0.4 is 0 Å². The standard InChI is InChI=1S/C15H26NO4P/c1-11(2)13-8-7-12(3)9-14(13)15(10-16(4,5)6)20-21(17,18)19/h7-9,11,15H,10H2,1-6H3,(H-,17,18,19)/p+1. The molecule has 0 aliphatic heterocycles. The molecule has 0 amide bonds. The Hall–Kier alpha value is -0.710. The van der Waals surface area contributed by atoms with Crippen LogP contribution in [0.15, 0.2) is 18.2 Å². The summed E-state index contributed by atoms with van der Waals surface area (Å²) in [6.45, 7) is 6.58. The van der Waals surface area contributed by atoms with E-state index in [2.05, 4.69) is 13.8 Å². The van der Waals surface area contributed by atoms with Gasteiger partial charge in [0.15, 0.2) is 0 Å². The fourth-order valence-electron chi connectivity index (χ4n) is 2.35. The second-order valence-corrected chi connectivity index (χ2v) is 8.04. The molecule has 2 N–H and O–H groups in total. The number of phosphoric ester groups is 1. The number of nitrogens with zero attached hydrogens (tertiary/aromatic N) is 1. The van der Waals surface area contributed by atoms with E-state index in [9.17, 15) is 14.4 Å². The maximum absolute atomic E-state index is 11.3. The fourth-order valence-corrected chi connectivity index (χ4v) is 2.86. The molecule has 0 saturated carbocycles. The molecule has 5 nitrogen and oxygen atoms in total. The van der Waals surface area contributed by atoms with Gasteiger partial charge in [0.05, 0.1) is 21.1 Å². The highest BCUT2D eigenvalue weighted by atomic mass is 31.2. The summed E-state index contributed by atoms with van der Waals surface area (Å²) in [5.41, 5.74) is 2.98. The van der Waals surface area contributed by atoms with Gasteiger partial charge in [-0.05, 0) is 24.0 Å². The molecule has 1 rings (SSSR count). The van der Waals surface area contributed by atoms with Crippen LogP contribution in [0.5, 0.6) is 0 Å². The van der Waals surface area contributed by atoms with Gasteiger partial charge in [-0.3, -0.25) is 4.52 Å². The molecule has 1 unspecified atom stereocenters. The highest BCUT2D eigenvalue weighted by Crippen LogP contribution is 2.44. The minimum Gasteiger partial charge on any atom is -0.328 e. The van der Waals surface area contributed by atoms with E-state index in [1.165, 1.54) is 0 Å². The molecule has 0 bridgehead atoms. The molecule has 1 aromatic carbocycles. The highest BCUT2D eigenvalue weighted by molar-refractivity contribution is 7.46. The van der Waals surface area contributed by atoms with Gasteiger partial charge in [-0.15, -0.1) is 0 Å². The molecule has 0 aliphatic carbocycles. The third-order valence-corrected chi connectivity index (χ3v) is 3.72. The van der Waals surface area contributed by atoms with Crippen molar-refractivity contribution in [3.8, 4) is 0 Å². The van der Waals surface area contributed by atoms with Crippen molar-refractivity contribution in [1.82, 2.24) is 0 Å². The molecule has 0 aromatic heterocycles. The van der Waals surface area contributed by atoms with Crippen molar-refractivity contribution in [3.05, 3.63) is 34.9 Å². The smallest absolute Gasteiger partial charge is 0.328 e. The number of likely N-dealkylation sites (N-methyl/N-ethyl adjacent to an activating group) is 1. The van der Waals surface area contributed by atoms with E-state index in [1.807, 2.05) is 46.3 Å². The molecule has 120 valence electrons. The van der Waals surface area contributed by atoms with Crippen LogP contribution in [0, 0.1) is 6.92 Å². The van der Waals surface area contributed by atoms with Gasteiger partial charge in [0, 0.05) is 0 Å². The Morgan fingerprint density at radius 3 is 2.19 bits per heavy atom. The first-order valence-electron chi connectivity index (χ1n) is 7.04. The summed E-state index contributed by atoms with van der Waals surface area (Å²) >= 11 is 0. The van der Waals surface area contributed by atoms with Gasteiger partial charge in [-0.2, -0.15) is 0 Å². The van der Waals surface area contributed by atoms with Crippen LogP contribution in [0.2, 0.25) is 0 Å². The summed E-state index contributed by atoms with van der Waals surface area (Å²) < 4.78 is 17.0. The van der Waals surface area contributed by atoms with Crippen molar-refractivity contribution >= 4 is 7.82 Å². The van der Waals surface area contributed by atoms with Gasteiger partial charge in [0.2, 0.25) is 0 Å². The summed E-state index contributed by atoms with van der Waals surface area (Å²) in [6.07, 6.45) is -0.636. The number of hydrogen-bond acceptors (Lipinski definition) is 2. The van der Waals surface area contributed by atoms with E-state index in [0.29, 0.717) is 11.0 Å². The first-order valence-corrected chi connectivity index (χ1v) is 8.57. The number of quaternary nitrogens is 1. The lowest BCUT2D eigenvalue weighted by Gasteiger charge is -2.31. The first-order chi connectivity index (χ1) is 9.39. The Kier molecular flexibility index (Phi) is 5.76. The Morgan fingerprint density at radius 2 is 1.76 bits per heavy atom. The summed E-state index contributed by atoms with van der Waals surface area (Å²) in [4.78, 5) is 18.5. The van der Waals surface area contributed by atoms with Gasteiger partial charge < -0.3 is 14.3 Å². The Bertz CT molecular complexity index is 531.